The fourth-order valence-electron chi connectivity index (χ4n) is 8.66. The first-order valence-electron chi connectivity index (χ1n) is 20.9. The number of carbonyl (C=O) groups is 4. The van der Waals surface area contributed by atoms with Crippen LogP contribution in [0.15, 0.2) is 53.3 Å². The number of alkyl halides is 3. The van der Waals surface area contributed by atoms with Crippen molar-refractivity contribution in [3.63, 3.8) is 0 Å². The summed E-state index contributed by atoms with van der Waals surface area (Å²) < 4.78 is 111. The highest BCUT2D eigenvalue weighted by molar-refractivity contribution is 7.18. The number of fused-ring (bicyclic) bond motifs is 6. The number of esters is 1. The van der Waals surface area contributed by atoms with Gasteiger partial charge in [0.05, 0.1) is 28.6 Å². The highest BCUT2D eigenvalue weighted by atomic mass is 32.1. The maximum absolute atomic E-state index is 14.5. The van der Waals surface area contributed by atoms with Crippen molar-refractivity contribution in [1.82, 2.24) is 35.2 Å². The number of hydrogen-bond donors (Lipinski definition) is 3. The number of carbonyl (C=O) groups excluding carboxylic acids is 4. The number of H-pyrrole nitrogens is 2. The topological polar surface area (TPSA) is 167 Å². The van der Waals surface area contributed by atoms with Gasteiger partial charge >= 0.3 is 12.1 Å². The summed E-state index contributed by atoms with van der Waals surface area (Å²) >= 11 is 0.329. The van der Waals surface area contributed by atoms with E-state index in [1.54, 1.807) is 48.5 Å². The third kappa shape index (κ3) is 8.60. The molecule has 13 nitrogen and oxygen atoms in total. The van der Waals surface area contributed by atoms with Crippen LogP contribution in [0.25, 0.3) is 32.6 Å². The second-order valence-corrected chi connectivity index (χ2v) is 19.0. The Morgan fingerprint density at radius 3 is 2.01 bits per heavy atom. The van der Waals surface area contributed by atoms with Crippen LogP contribution in [-0.2, 0) is 31.3 Å². The average molecular weight is 954 g/mol. The van der Waals surface area contributed by atoms with E-state index < -0.39 is 81.1 Å². The molecule has 4 aromatic heterocycles. The lowest BCUT2D eigenvalue weighted by atomic mass is 9.76. The molecule has 2 atom stereocenters. The van der Waals surface area contributed by atoms with Gasteiger partial charge in [0.25, 0.3) is 17.7 Å². The molecule has 0 spiro atoms. The van der Waals surface area contributed by atoms with Gasteiger partial charge in [-0.2, -0.15) is 13.2 Å². The Balaban J connectivity index is 1.17. The number of benzene rings is 2. The summed E-state index contributed by atoms with van der Waals surface area (Å²) in [5.74, 6) is -8.20. The third-order valence-corrected chi connectivity index (χ3v) is 12.8. The fourth-order valence-corrected chi connectivity index (χ4v) is 9.50. The van der Waals surface area contributed by atoms with Crippen molar-refractivity contribution in [1.29, 1.82) is 0 Å². The van der Waals surface area contributed by atoms with Gasteiger partial charge in [-0.15, -0.1) is 0 Å². The van der Waals surface area contributed by atoms with Crippen LogP contribution in [-0.4, -0.2) is 78.8 Å². The van der Waals surface area contributed by atoms with Crippen LogP contribution in [0.5, 0.6) is 0 Å². The maximum Gasteiger partial charge on any atom is 0.443 e. The van der Waals surface area contributed by atoms with Crippen molar-refractivity contribution >= 4 is 67.6 Å². The molecule has 0 bridgehead atoms. The highest BCUT2D eigenvalue weighted by Crippen LogP contribution is 2.47. The SMILES string of the molecule is Cc1noc2c3c([nH]c12)C(C(=O)OC(C)CCC1(C)CN(C(=O)c2ccc(F)c(F)c2)C=C(C(=O)NC(C)C)c2[nH]c4sc(C(F)(F)F)nc4c21)=CN(C(=O)c1ccc(F)c(F)c1)CC3(C)C. The number of nitrogens with zero attached hydrogens (tertiary/aromatic N) is 4. The molecule has 0 radical (unpaired) electrons. The van der Waals surface area contributed by atoms with Crippen molar-refractivity contribution in [2.45, 2.75) is 90.5 Å². The summed E-state index contributed by atoms with van der Waals surface area (Å²) in [6, 6.07) is 4.75. The summed E-state index contributed by atoms with van der Waals surface area (Å²) in [5.41, 5.74) is -1.02. The molecule has 2 aliphatic heterocycles. The van der Waals surface area contributed by atoms with Gasteiger partial charge in [0.2, 0.25) is 5.01 Å². The van der Waals surface area contributed by atoms with Gasteiger partial charge in [-0.05, 0) is 76.9 Å². The van der Waals surface area contributed by atoms with Gasteiger partial charge in [-0.1, -0.05) is 37.3 Å². The Labute approximate surface area is 381 Å². The number of nitrogens with one attached hydrogen (secondary N) is 3. The molecule has 3 amide bonds. The average Bonchev–Trinajstić information content (AvgIpc) is 3.99. The Kier molecular flexibility index (Phi) is 11.7. The van der Waals surface area contributed by atoms with E-state index in [0.717, 1.165) is 35.2 Å². The van der Waals surface area contributed by atoms with Crippen LogP contribution < -0.4 is 5.32 Å². The molecule has 3 N–H and O–H groups in total. The van der Waals surface area contributed by atoms with Crippen molar-refractivity contribution < 1.29 is 59.2 Å². The normalized spacial score (nSPS) is 17.7. The predicted octanol–water partition coefficient (Wildman–Crippen LogP) is 9.44. The minimum Gasteiger partial charge on any atom is -0.459 e. The van der Waals surface area contributed by atoms with Crippen molar-refractivity contribution in [3.8, 4) is 0 Å². The van der Waals surface area contributed by atoms with E-state index in [1.807, 2.05) is 0 Å². The molecule has 0 saturated heterocycles. The number of halogens is 7. The van der Waals surface area contributed by atoms with Crippen LogP contribution in [0.3, 0.4) is 0 Å². The standard InChI is InChI=1S/C46H42F7N7O6S/c1-20(2)54-38(61)25-16-60(41(63)24-9-11-28(48)30(50)15-24)19-45(7,31-34(25)56-39-36(31)57-43(67-39)46(51,52)53)13-12-21(3)65-42(64)26-17-59(40(62)23-8-10-27(47)29(49)14-23)18-44(5,6)32-35(26)55-33-22(4)58-66-37(32)33/h8-11,14-17,20-21,55-56H,12-13,18-19H2,1-7H3,(H,54,61). The summed E-state index contributed by atoms with van der Waals surface area (Å²) in [6.45, 7) is 11.4. The minimum atomic E-state index is -4.84. The highest BCUT2D eigenvalue weighted by Gasteiger charge is 2.45. The molecule has 0 fully saturated rings. The van der Waals surface area contributed by atoms with Crippen LogP contribution in [0.4, 0.5) is 30.7 Å². The van der Waals surface area contributed by atoms with Gasteiger partial charge in [0, 0.05) is 64.6 Å². The Morgan fingerprint density at radius 1 is 0.851 bits per heavy atom. The van der Waals surface area contributed by atoms with E-state index in [2.05, 4.69) is 25.4 Å². The van der Waals surface area contributed by atoms with Gasteiger partial charge in [0.1, 0.15) is 21.6 Å². The van der Waals surface area contributed by atoms with E-state index in [1.165, 1.54) is 17.3 Å². The number of thiazole rings is 1. The molecular formula is C46H42F7N7O6S. The first-order chi connectivity index (χ1) is 31.4. The second kappa shape index (κ2) is 16.8. The lowest BCUT2D eigenvalue weighted by Gasteiger charge is -2.34. The molecule has 0 aliphatic carbocycles. The quantitative estimate of drug-likeness (QED) is 0.0953. The zero-order valence-electron chi connectivity index (χ0n) is 36.9. The number of rotatable bonds is 9. The predicted molar refractivity (Wildman–Crippen MR) is 231 cm³/mol. The van der Waals surface area contributed by atoms with Gasteiger partial charge < -0.3 is 34.3 Å². The van der Waals surface area contributed by atoms with E-state index in [0.29, 0.717) is 39.8 Å². The number of aromatic nitrogens is 4. The van der Waals surface area contributed by atoms with E-state index >= 15 is 0 Å². The summed E-state index contributed by atoms with van der Waals surface area (Å²) in [4.78, 5) is 69.0. The minimum absolute atomic E-state index is 0.00438. The second-order valence-electron chi connectivity index (χ2n) is 18.0. The lowest BCUT2D eigenvalue weighted by Crippen LogP contribution is -2.39. The van der Waals surface area contributed by atoms with Crippen molar-refractivity contribution in [2.75, 3.05) is 13.1 Å². The van der Waals surface area contributed by atoms with Crippen LogP contribution in [0.2, 0.25) is 0 Å². The number of aryl methyl sites for hydroxylation is 1. The summed E-state index contributed by atoms with van der Waals surface area (Å²) in [5, 5.41) is 5.62. The molecule has 2 aliphatic rings. The molecule has 0 saturated carbocycles. The fraction of sp³-hybridized carbons (Fsp3) is 0.348. The molecule has 67 heavy (non-hydrogen) atoms. The monoisotopic (exact) mass is 953 g/mol. The largest absolute Gasteiger partial charge is 0.459 e. The van der Waals surface area contributed by atoms with E-state index in [4.69, 9.17) is 9.26 Å². The zero-order chi connectivity index (χ0) is 48.7. The lowest BCUT2D eigenvalue weighted by molar-refractivity contribution is -0.141. The maximum atomic E-state index is 14.5. The molecule has 8 rings (SSSR count). The number of amides is 3. The van der Waals surface area contributed by atoms with Crippen LogP contribution in [0.1, 0.15) is 108 Å². The first-order valence-corrected chi connectivity index (χ1v) is 21.8. The van der Waals surface area contributed by atoms with E-state index in [-0.39, 0.29) is 75.5 Å². The summed E-state index contributed by atoms with van der Waals surface area (Å²) in [6.07, 6.45) is -3.43. The van der Waals surface area contributed by atoms with Crippen molar-refractivity contribution in [3.05, 3.63) is 116 Å². The molecule has 2 aromatic carbocycles. The molecular weight excluding hydrogens is 912 g/mol. The third-order valence-electron chi connectivity index (χ3n) is 11.8. The van der Waals surface area contributed by atoms with Gasteiger partial charge in [-0.3, -0.25) is 14.4 Å². The van der Waals surface area contributed by atoms with Gasteiger partial charge in [0.15, 0.2) is 28.9 Å². The zero-order valence-corrected chi connectivity index (χ0v) is 37.7. The van der Waals surface area contributed by atoms with Gasteiger partial charge in [-0.25, -0.2) is 27.3 Å². The molecule has 21 heteroatoms. The van der Waals surface area contributed by atoms with Crippen LogP contribution >= 0.6 is 11.3 Å². The molecule has 6 aromatic rings. The van der Waals surface area contributed by atoms with Crippen LogP contribution in [0, 0.1) is 30.2 Å². The Morgan fingerprint density at radius 2 is 1.43 bits per heavy atom. The Hall–Kier alpha value is -6.77. The number of aromatic amines is 2. The number of ether oxygens (including phenoxy) is 1. The Bertz CT molecular complexity index is 3090. The number of hydrogen-bond acceptors (Lipinski definition) is 9. The molecule has 2 unspecified atom stereocenters. The smallest absolute Gasteiger partial charge is 0.443 e. The van der Waals surface area contributed by atoms with Crippen molar-refractivity contribution in [2.24, 2.45) is 0 Å². The first kappa shape index (κ1) is 46.7. The molecule has 6 heterocycles. The van der Waals surface area contributed by atoms with E-state index in [9.17, 15) is 49.9 Å². The molecule has 352 valence electrons. The summed E-state index contributed by atoms with van der Waals surface area (Å²) in [7, 11) is 0.